The summed E-state index contributed by atoms with van der Waals surface area (Å²) < 4.78 is 0. The van der Waals surface area contributed by atoms with Gasteiger partial charge in [0.25, 0.3) is 0 Å². The van der Waals surface area contributed by atoms with E-state index in [9.17, 15) is 0 Å². The Morgan fingerprint density at radius 3 is 2.40 bits per heavy atom. The number of thiophene rings is 1. The van der Waals surface area contributed by atoms with E-state index >= 15 is 0 Å². The average Bonchev–Trinajstić information content (AvgIpc) is 2.65. The van der Waals surface area contributed by atoms with Crippen LogP contribution in [0.1, 0.15) is 20.8 Å². The summed E-state index contributed by atoms with van der Waals surface area (Å²) in [6, 6.07) is 10.1. The van der Waals surface area contributed by atoms with Gasteiger partial charge in [-0.15, -0.1) is 11.3 Å². The second-order valence-corrected chi connectivity index (χ2v) is 5.68. The van der Waals surface area contributed by atoms with Gasteiger partial charge in [0.05, 0.1) is 4.83 Å². The fraction of sp³-hybridized carbons (Fsp3) is 0.167. The topological polar surface area (TPSA) is 0 Å². The van der Waals surface area contributed by atoms with Crippen LogP contribution in [-0.2, 0) is 0 Å². The van der Waals surface area contributed by atoms with Gasteiger partial charge < -0.3 is 0 Å². The SMILES string of the molecule is Cc1ccsc1C(Br)c1ccc(Cl)cc1. The van der Waals surface area contributed by atoms with Gasteiger partial charge in [-0.25, -0.2) is 0 Å². The minimum absolute atomic E-state index is 0.273. The Morgan fingerprint density at radius 2 is 1.87 bits per heavy atom. The summed E-state index contributed by atoms with van der Waals surface area (Å²) in [7, 11) is 0. The first-order valence-corrected chi connectivity index (χ1v) is 6.79. The Hall–Kier alpha value is -0.310. The summed E-state index contributed by atoms with van der Waals surface area (Å²) >= 11 is 11.4. The van der Waals surface area contributed by atoms with Crippen molar-refractivity contribution in [2.75, 3.05) is 0 Å². The molecule has 0 radical (unpaired) electrons. The molecule has 1 atom stereocenters. The van der Waals surface area contributed by atoms with Gasteiger partial charge in [-0.3, -0.25) is 0 Å². The van der Waals surface area contributed by atoms with E-state index in [1.54, 1.807) is 11.3 Å². The number of hydrogen-bond donors (Lipinski definition) is 0. The predicted octanol–water partition coefficient (Wildman–Crippen LogP) is 5.19. The Balaban J connectivity index is 2.32. The van der Waals surface area contributed by atoms with Crippen LogP contribution in [-0.4, -0.2) is 0 Å². The van der Waals surface area contributed by atoms with Gasteiger partial charge >= 0.3 is 0 Å². The molecule has 78 valence electrons. The number of halogens is 2. The highest BCUT2D eigenvalue weighted by atomic mass is 79.9. The van der Waals surface area contributed by atoms with E-state index in [0.717, 1.165) is 5.02 Å². The van der Waals surface area contributed by atoms with Crippen LogP contribution in [0.3, 0.4) is 0 Å². The molecule has 0 spiro atoms. The van der Waals surface area contributed by atoms with E-state index in [-0.39, 0.29) is 4.83 Å². The van der Waals surface area contributed by atoms with E-state index in [2.05, 4.69) is 46.4 Å². The van der Waals surface area contributed by atoms with Crippen molar-refractivity contribution in [3.63, 3.8) is 0 Å². The van der Waals surface area contributed by atoms with Gasteiger partial charge in [0.1, 0.15) is 0 Å². The van der Waals surface area contributed by atoms with Crippen molar-refractivity contribution in [1.29, 1.82) is 0 Å². The fourth-order valence-electron chi connectivity index (χ4n) is 1.43. The van der Waals surface area contributed by atoms with Crippen molar-refractivity contribution >= 4 is 38.9 Å². The molecule has 15 heavy (non-hydrogen) atoms. The third-order valence-corrected chi connectivity index (χ3v) is 4.92. The number of alkyl halides is 1. The molecule has 2 rings (SSSR count). The summed E-state index contributed by atoms with van der Waals surface area (Å²) in [5.41, 5.74) is 2.57. The number of aryl methyl sites for hydroxylation is 1. The highest BCUT2D eigenvalue weighted by Gasteiger charge is 2.13. The molecule has 1 aromatic heterocycles. The summed E-state index contributed by atoms with van der Waals surface area (Å²) in [6.07, 6.45) is 0. The molecular formula is C12H10BrClS. The van der Waals surface area contributed by atoms with Crippen LogP contribution in [0.15, 0.2) is 35.7 Å². The highest BCUT2D eigenvalue weighted by molar-refractivity contribution is 9.09. The minimum Gasteiger partial charge on any atom is -0.147 e. The molecule has 2 aromatic rings. The maximum Gasteiger partial charge on any atom is 0.0740 e. The van der Waals surface area contributed by atoms with E-state index in [1.165, 1.54) is 16.0 Å². The Morgan fingerprint density at radius 1 is 1.20 bits per heavy atom. The summed E-state index contributed by atoms with van der Waals surface area (Å²) in [5.74, 6) is 0. The lowest BCUT2D eigenvalue weighted by Gasteiger charge is -2.09. The lowest BCUT2D eigenvalue weighted by Crippen LogP contribution is -1.90. The van der Waals surface area contributed by atoms with E-state index in [1.807, 2.05) is 12.1 Å². The zero-order valence-corrected chi connectivity index (χ0v) is 11.4. The molecular weight excluding hydrogens is 292 g/mol. The van der Waals surface area contributed by atoms with Gasteiger partial charge in [0, 0.05) is 9.90 Å². The van der Waals surface area contributed by atoms with E-state index in [4.69, 9.17) is 11.6 Å². The van der Waals surface area contributed by atoms with Crippen molar-refractivity contribution in [2.24, 2.45) is 0 Å². The van der Waals surface area contributed by atoms with Crippen molar-refractivity contribution in [3.05, 3.63) is 56.7 Å². The monoisotopic (exact) mass is 300 g/mol. The quantitative estimate of drug-likeness (QED) is 0.669. The van der Waals surface area contributed by atoms with Gasteiger partial charge in [0.15, 0.2) is 0 Å². The maximum atomic E-state index is 5.86. The lowest BCUT2D eigenvalue weighted by atomic mass is 10.1. The first-order chi connectivity index (χ1) is 7.18. The largest absolute Gasteiger partial charge is 0.147 e. The third kappa shape index (κ3) is 2.44. The summed E-state index contributed by atoms with van der Waals surface area (Å²) in [6.45, 7) is 2.13. The van der Waals surface area contributed by atoms with Crippen LogP contribution < -0.4 is 0 Å². The average molecular weight is 302 g/mol. The first-order valence-electron chi connectivity index (χ1n) is 4.62. The zero-order chi connectivity index (χ0) is 10.8. The van der Waals surface area contributed by atoms with Crippen molar-refractivity contribution in [1.82, 2.24) is 0 Å². The molecule has 0 saturated carbocycles. The number of hydrogen-bond acceptors (Lipinski definition) is 1. The van der Waals surface area contributed by atoms with Crippen LogP contribution in [0.4, 0.5) is 0 Å². The predicted molar refractivity (Wildman–Crippen MR) is 71.3 cm³/mol. The van der Waals surface area contributed by atoms with Crippen LogP contribution in [0.25, 0.3) is 0 Å². The second kappa shape index (κ2) is 4.69. The molecule has 0 N–H and O–H groups in total. The molecule has 0 aliphatic carbocycles. The van der Waals surface area contributed by atoms with Gasteiger partial charge in [-0.2, -0.15) is 0 Å². The molecule has 0 bridgehead atoms. The normalized spacial score (nSPS) is 12.7. The van der Waals surface area contributed by atoms with E-state index in [0.29, 0.717) is 0 Å². The molecule has 0 amide bonds. The second-order valence-electron chi connectivity index (χ2n) is 3.38. The zero-order valence-electron chi connectivity index (χ0n) is 8.21. The van der Waals surface area contributed by atoms with Gasteiger partial charge in [-0.05, 0) is 41.6 Å². The van der Waals surface area contributed by atoms with Crippen LogP contribution in [0.5, 0.6) is 0 Å². The standard InChI is InChI=1S/C12H10BrClS/c1-8-6-7-15-12(8)11(13)9-2-4-10(14)5-3-9/h2-7,11H,1H3. The molecule has 0 aliphatic heterocycles. The Labute approximate surface area is 107 Å². The van der Waals surface area contributed by atoms with Crippen molar-refractivity contribution in [3.8, 4) is 0 Å². The molecule has 3 heteroatoms. The van der Waals surface area contributed by atoms with Crippen molar-refractivity contribution < 1.29 is 0 Å². The Bertz CT molecular complexity index is 447. The molecule has 1 unspecified atom stereocenters. The van der Waals surface area contributed by atoms with Gasteiger partial charge in [0.2, 0.25) is 0 Å². The number of benzene rings is 1. The van der Waals surface area contributed by atoms with Crippen LogP contribution in [0.2, 0.25) is 5.02 Å². The molecule has 0 saturated heterocycles. The lowest BCUT2D eigenvalue weighted by molar-refractivity contribution is 1.20. The molecule has 1 aromatic carbocycles. The Kier molecular flexibility index (Phi) is 3.49. The minimum atomic E-state index is 0.273. The van der Waals surface area contributed by atoms with Crippen molar-refractivity contribution in [2.45, 2.75) is 11.8 Å². The smallest absolute Gasteiger partial charge is 0.0740 e. The fourth-order valence-corrected chi connectivity index (χ4v) is 3.47. The highest BCUT2D eigenvalue weighted by Crippen LogP contribution is 2.36. The van der Waals surface area contributed by atoms with Crippen LogP contribution >= 0.6 is 38.9 Å². The molecule has 0 fully saturated rings. The number of rotatable bonds is 2. The summed E-state index contributed by atoms with van der Waals surface area (Å²) in [4.78, 5) is 1.63. The van der Waals surface area contributed by atoms with E-state index < -0.39 is 0 Å². The molecule has 0 aliphatic rings. The van der Waals surface area contributed by atoms with Crippen LogP contribution in [0, 0.1) is 6.92 Å². The first kappa shape index (κ1) is 11.2. The maximum absolute atomic E-state index is 5.86. The molecule has 1 heterocycles. The van der Waals surface area contributed by atoms with Gasteiger partial charge in [-0.1, -0.05) is 39.7 Å². The molecule has 0 nitrogen and oxygen atoms in total. The third-order valence-electron chi connectivity index (χ3n) is 2.29. The summed E-state index contributed by atoms with van der Waals surface area (Å²) in [5, 5.41) is 2.90.